The Kier molecular flexibility index (Phi) is 4.76. The molecule has 0 atom stereocenters. The van der Waals surface area contributed by atoms with E-state index >= 15 is 0 Å². The molecule has 1 aliphatic rings. The lowest BCUT2D eigenvalue weighted by molar-refractivity contribution is -0.274. The number of anilines is 1. The van der Waals surface area contributed by atoms with Crippen LogP contribution in [0.15, 0.2) is 41.3 Å². The summed E-state index contributed by atoms with van der Waals surface area (Å²) in [4.78, 5) is 15.4. The van der Waals surface area contributed by atoms with Gasteiger partial charge in [0, 0.05) is 34.3 Å². The van der Waals surface area contributed by atoms with E-state index in [4.69, 9.17) is 0 Å². The number of fused-ring (bicyclic) bond motifs is 3. The summed E-state index contributed by atoms with van der Waals surface area (Å²) in [6, 6.07) is 7.54. The summed E-state index contributed by atoms with van der Waals surface area (Å²) in [6.07, 6.45) is -2.89. The zero-order chi connectivity index (χ0) is 21.7. The second-order valence-corrected chi connectivity index (χ2v) is 8.75. The van der Waals surface area contributed by atoms with E-state index in [0.717, 1.165) is 30.7 Å². The van der Waals surface area contributed by atoms with Crippen LogP contribution in [0.5, 0.6) is 5.75 Å². The van der Waals surface area contributed by atoms with E-state index in [9.17, 15) is 26.4 Å². The van der Waals surface area contributed by atoms with E-state index in [1.165, 1.54) is 18.2 Å². The first-order valence-corrected chi connectivity index (χ1v) is 10.6. The highest BCUT2D eigenvalue weighted by molar-refractivity contribution is 7.92. The number of rotatable bonds is 4. The van der Waals surface area contributed by atoms with E-state index in [1.807, 2.05) is 0 Å². The molecule has 3 aromatic rings. The Labute approximate surface area is 170 Å². The first kappa shape index (κ1) is 20.3. The molecule has 0 saturated heterocycles. The molecule has 2 N–H and O–H groups in total. The average molecular weight is 438 g/mol. The number of aromatic nitrogens is 1. The third-order valence-electron chi connectivity index (χ3n) is 4.91. The summed E-state index contributed by atoms with van der Waals surface area (Å²) in [7, 11) is -4.02. The number of benzene rings is 2. The maximum Gasteiger partial charge on any atom is 0.573 e. The van der Waals surface area contributed by atoms with Crippen molar-refractivity contribution < 1.29 is 31.1 Å². The number of alkyl halides is 3. The SMILES string of the molecule is Cc1cc2c3c([nH]c2cc1S(=O)(=O)Nc1ccc(OC(F)(F)F)cc1)CCCC3=O. The lowest BCUT2D eigenvalue weighted by Gasteiger charge is -2.13. The summed E-state index contributed by atoms with van der Waals surface area (Å²) < 4.78 is 68.7. The molecule has 0 fully saturated rings. The molecule has 0 aliphatic heterocycles. The molecule has 0 radical (unpaired) electrons. The second kappa shape index (κ2) is 7.05. The topological polar surface area (TPSA) is 88.3 Å². The van der Waals surface area contributed by atoms with Gasteiger partial charge in [-0.3, -0.25) is 9.52 Å². The molecule has 2 aromatic carbocycles. The Hall–Kier alpha value is -3.01. The minimum absolute atomic E-state index is 0.0108. The Morgan fingerprint density at radius 3 is 2.47 bits per heavy atom. The largest absolute Gasteiger partial charge is 0.573 e. The number of carbonyl (C=O) groups is 1. The van der Waals surface area contributed by atoms with Gasteiger partial charge < -0.3 is 9.72 Å². The summed E-state index contributed by atoms with van der Waals surface area (Å²) in [5, 5.41) is 0.694. The van der Waals surface area contributed by atoms with Crippen molar-refractivity contribution in [3.8, 4) is 5.75 Å². The van der Waals surface area contributed by atoms with Gasteiger partial charge in [0.05, 0.1) is 4.90 Å². The van der Waals surface area contributed by atoms with Crippen LogP contribution in [-0.2, 0) is 16.4 Å². The summed E-state index contributed by atoms with van der Waals surface area (Å²) in [6.45, 7) is 1.63. The van der Waals surface area contributed by atoms with E-state index in [1.54, 1.807) is 13.0 Å². The molecule has 0 unspecified atom stereocenters. The number of hydrogen-bond donors (Lipinski definition) is 2. The van der Waals surface area contributed by atoms with Crippen LogP contribution in [0.1, 0.15) is 34.5 Å². The number of aromatic amines is 1. The predicted molar refractivity (Wildman–Crippen MR) is 104 cm³/mol. The van der Waals surface area contributed by atoms with Crippen molar-refractivity contribution in [3.63, 3.8) is 0 Å². The summed E-state index contributed by atoms with van der Waals surface area (Å²) in [5.74, 6) is -0.415. The highest BCUT2D eigenvalue weighted by Crippen LogP contribution is 2.33. The highest BCUT2D eigenvalue weighted by Gasteiger charge is 2.31. The Balaban J connectivity index is 1.66. The maximum atomic E-state index is 12.9. The molecule has 158 valence electrons. The molecule has 6 nitrogen and oxygen atoms in total. The molecule has 0 amide bonds. The van der Waals surface area contributed by atoms with Gasteiger partial charge in [0.15, 0.2) is 5.78 Å². The number of ether oxygens (including phenoxy) is 1. The molecular formula is C20H17F3N2O4S. The van der Waals surface area contributed by atoms with Gasteiger partial charge in [-0.05, 0) is 61.7 Å². The van der Waals surface area contributed by atoms with Crippen LogP contribution >= 0.6 is 0 Å². The number of sulfonamides is 1. The van der Waals surface area contributed by atoms with E-state index in [0.29, 0.717) is 28.5 Å². The quantitative estimate of drug-likeness (QED) is 0.618. The number of hydrogen-bond acceptors (Lipinski definition) is 4. The van der Waals surface area contributed by atoms with Crippen LogP contribution in [0, 0.1) is 6.92 Å². The maximum absolute atomic E-state index is 12.9. The van der Waals surface area contributed by atoms with Crippen LogP contribution in [0.25, 0.3) is 10.9 Å². The van der Waals surface area contributed by atoms with Crippen molar-refractivity contribution in [3.05, 3.63) is 53.2 Å². The summed E-state index contributed by atoms with van der Waals surface area (Å²) in [5.41, 5.74) is 2.52. The molecule has 1 heterocycles. The second-order valence-electron chi connectivity index (χ2n) is 7.10. The van der Waals surface area contributed by atoms with E-state index < -0.39 is 22.1 Å². The minimum Gasteiger partial charge on any atom is -0.406 e. The van der Waals surface area contributed by atoms with Crippen LogP contribution in [-0.4, -0.2) is 25.5 Å². The molecule has 4 rings (SSSR count). The Bertz CT molecular complexity index is 1250. The summed E-state index contributed by atoms with van der Waals surface area (Å²) >= 11 is 0. The fourth-order valence-corrected chi connectivity index (χ4v) is 4.98. The fourth-order valence-electron chi connectivity index (χ4n) is 3.67. The lowest BCUT2D eigenvalue weighted by atomic mass is 9.94. The van der Waals surface area contributed by atoms with Crippen molar-refractivity contribution in [1.82, 2.24) is 4.98 Å². The van der Waals surface area contributed by atoms with Gasteiger partial charge in [0.2, 0.25) is 0 Å². The molecule has 0 spiro atoms. The molecule has 0 saturated carbocycles. The van der Waals surface area contributed by atoms with Gasteiger partial charge in [0.1, 0.15) is 5.75 Å². The first-order valence-electron chi connectivity index (χ1n) is 9.10. The number of halogens is 3. The number of aryl methyl sites for hydroxylation is 2. The van der Waals surface area contributed by atoms with Crippen molar-refractivity contribution in [2.45, 2.75) is 37.4 Å². The Morgan fingerprint density at radius 1 is 1.10 bits per heavy atom. The van der Waals surface area contributed by atoms with Crippen LogP contribution in [0.2, 0.25) is 0 Å². The lowest BCUT2D eigenvalue weighted by Crippen LogP contribution is -2.17. The van der Waals surface area contributed by atoms with Gasteiger partial charge >= 0.3 is 6.36 Å². The van der Waals surface area contributed by atoms with E-state index in [2.05, 4.69) is 14.4 Å². The van der Waals surface area contributed by atoms with Gasteiger partial charge in [-0.15, -0.1) is 13.2 Å². The molecule has 30 heavy (non-hydrogen) atoms. The molecular weight excluding hydrogens is 421 g/mol. The van der Waals surface area contributed by atoms with Crippen LogP contribution in [0.4, 0.5) is 18.9 Å². The molecule has 10 heteroatoms. The third kappa shape index (κ3) is 3.87. The molecule has 1 aliphatic carbocycles. The smallest absolute Gasteiger partial charge is 0.406 e. The Morgan fingerprint density at radius 2 is 1.80 bits per heavy atom. The molecule has 1 aromatic heterocycles. The normalized spacial score (nSPS) is 14.6. The fraction of sp³-hybridized carbons (Fsp3) is 0.250. The number of nitrogens with one attached hydrogen (secondary N) is 2. The van der Waals surface area contributed by atoms with Crippen LogP contribution in [0.3, 0.4) is 0 Å². The standard InChI is InChI=1S/C20H17F3N2O4S/c1-11-9-14-16(24-15-3-2-4-17(26)19(14)15)10-18(11)30(27,28)25-12-5-7-13(8-6-12)29-20(21,22)23/h5-10,24-25H,2-4H2,1H3. The van der Waals surface area contributed by atoms with Gasteiger partial charge in [-0.25, -0.2) is 8.42 Å². The van der Waals surface area contributed by atoms with Crippen molar-refractivity contribution in [2.75, 3.05) is 4.72 Å². The number of Topliss-reactive ketones (excluding diaryl/α,β-unsaturated/α-hetero) is 1. The third-order valence-corrected chi connectivity index (χ3v) is 6.43. The van der Waals surface area contributed by atoms with Crippen LogP contribution < -0.4 is 9.46 Å². The number of H-pyrrole nitrogens is 1. The average Bonchev–Trinajstić information content (AvgIpc) is 3.00. The minimum atomic E-state index is -4.83. The first-order chi connectivity index (χ1) is 14.0. The van der Waals surface area contributed by atoms with Gasteiger partial charge in [0.25, 0.3) is 10.0 Å². The van der Waals surface area contributed by atoms with Gasteiger partial charge in [-0.1, -0.05) is 0 Å². The van der Waals surface area contributed by atoms with Crippen molar-refractivity contribution in [1.29, 1.82) is 0 Å². The number of carbonyl (C=O) groups excluding carboxylic acids is 1. The highest BCUT2D eigenvalue weighted by atomic mass is 32.2. The monoisotopic (exact) mass is 438 g/mol. The predicted octanol–water partition coefficient (Wildman–Crippen LogP) is 4.69. The zero-order valence-corrected chi connectivity index (χ0v) is 16.6. The van der Waals surface area contributed by atoms with Gasteiger partial charge in [-0.2, -0.15) is 0 Å². The van der Waals surface area contributed by atoms with E-state index in [-0.39, 0.29) is 16.4 Å². The van der Waals surface area contributed by atoms with Crippen molar-refractivity contribution in [2.24, 2.45) is 0 Å². The van der Waals surface area contributed by atoms with Crippen molar-refractivity contribution >= 4 is 32.4 Å². The zero-order valence-electron chi connectivity index (χ0n) is 15.8. The number of ketones is 1. The molecule has 0 bridgehead atoms.